The Balaban J connectivity index is 2.06. The molecule has 9 heteroatoms. The van der Waals surface area contributed by atoms with Crippen molar-refractivity contribution in [1.29, 1.82) is 0 Å². The number of hydrogen-bond acceptors (Lipinski definition) is 7. The van der Waals surface area contributed by atoms with Crippen molar-refractivity contribution in [3.05, 3.63) is 24.5 Å². The van der Waals surface area contributed by atoms with E-state index in [0.29, 0.717) is 31.5 Å². The quantitative estimate of drug-likeness (QED) is 0.501. The van der Waals surface area contributed by atoms with E-state index in [-0.39, 0.29) is 11.7 Å². The molecule has 2 aromatic rings. The van der Waals surface area contributed by atoms with Crippen LogP contribution in [0.15, 0.2) is 29.7 Å². The Kier molecular flexibility index (Phi) is 7.66. The summed E-state index contributed by atoms with van der Waals surface area (Å²) in [4.78, 5) is 15.8. The summed E-state index contributed by atoms with van der Waals surface area (Å²) in [6.07, 6.45) is 3.42. The highest BCUT2D eigenvalue weighted by Gasteiger charge is 2.15. The van der Waals surface area contributed by atoms with E-state index < -0.39 is 0 Å². The number of thioether (sulfide) groups is 1. The van der Waals surface area contributed by atoms with Crippen LogP contribution in [0.5, 0.6) is 0 Å². The first-order valence-electron chi connectivity index (χ1n) is 7.47. The van der Waals surface area contributed by atoms with E-state index in [1.54, 1.807) is 26.6 Å². The van der Waals surface area contributed by atoms with Crippen molar-refractivity contribution in [2.24, 2.45) is 0 Å². The fraction of sp³-hybridized carbons (Fsp3) is 0.467. The van der Waals surface area contributed by atoms with Gasteiger partial charge in [-0.2, -0.15) is 0 Å². The van der Waals surface area contributed by atoms with Gasteiger partial charge < -0.3 is 14.8 Å². The van der Waals surface area contributed by atoms with Gasteiger partial charge in [-0.1, -0.05) is 11.8 Å². The maximum absolute atomic E-state index is 11.8. The van der Waals surface area contributed by atoms with Crippen molar-refractivity contribution in [2.45, 2.75) is 11.7 Å². The van der Waals surface area contributed by atoms with Crippen molar-refractivity contribution in [3.8, 4) is 11.4 Å². The maximum atomic E-state index is 11.8. The highest BCUT2D eigenvalue weighted by Crippen LogP contribution is 2.23. The van der Waals surface area contributed by atoms with Crippen molar-refractivity contribution < 1.29 is 14.3 Å². The van der Waals surface area contributed by atoms with Gasteiger partial charge in [0.1, 0.15) is 0 Å². The molecule has 0 fully saturated rings. The van der Waals surface area contributed by atoms with Gasteiger partial charge in [0.25, 0.3) is 0 Å². The van der Waals surface area contributed by atoms with Crippen LogP contribution in [0.1, 0.15) is 0 Å². The molecule has 1 N–H and O–H groups in total. The molecule has 0 aromatic carbocycles. The smallest absolute Gasteiger partial charge is 0.230 e. The SMILES string of the molecule is COCCNC(=O)CSc1nnc(-c2ccncc2)n1CCOC. The van der Waals surface area contributed by atoms with E-state index in [1.165, 1.54) is 11.8 Å². The minimum atomic E-state index is -0.0659. The normalized spacial score (nSPS) is 10.8. The van der Waals surface area contributed by atoms with Crippen LogP contribution in [-0.2, 0) is 20.8 Å². The second kappa shape index (κ2) is 10.0. The molecule has 8 nitrogen and oxygen atoms in total. The summed E-state index contributed by atoms with van der Waals surface area (Å²) in [5.74, 6) is 0.936. The zero-order valence-corrected chi connectivity index (χ0v) is 14.6. The molecule has 2 rings (SSSR count). The third-order valence-corrected chi connectivity index (χ3v) is 4.10. The molecular formula is C15H21N5O3S. The fourth-order valence-corrected chi connectivity index (χ4v) is 2.76. The van der Waals surface area contributed by atoms with Gasteiger partial charge in [0, 0.05) is 38.7 Å². The summed E-state index contributed by atoms with van der Waals surface area (Å²) in [5, 5.41) is 11.9. The summed E-state index contributed by atoms with van der Waals surface area (Å²) in [5.41, 5.74) is 0.921. The summed E-state index contributed by atoms with van der Waals surface area (Å²) in [7, 11) is 3.24. The lowest BCUT2D eigenvalue weighted by atomic mass is 10.2. The maximum Gasteiger partial charge on any atom is 0.230 e. The van der Waals surface area contributed by atoms with Crippen LogP contribution in [0.4, 0.5) is 0 Å². The first kappa shape index (κ1) is 18.4. The average Bonchev–Trinajstić information content (AvgIpc) is 3.02. The number of pyridine rings is 1. The number of aromatic nitrogens is 4. The summed E-state index contributed by atoms with van der Waals surface area (Å²) in [6.45, 7) is 2.12. The first-order valence-corrected chi connectivity index (χ1v) is 8.45. The Morgan fingerprint density at radius 1 is 1.21 bits per heavy atom. The Morgan fingerprint density at radius 2 is 1.96 bits per heavy atom. The summed E-state index contributed by atoms with van der Waals surface area (Å²) in [6, 6.07) is 3.75. The van der Waals surface area contributed by atoms with Crippen molar-refractivity contribution in [1.82, 2.24) is 25.1 Å². The standard InChI is InChI=1S/C15H21N5O3S/c1-22-9-7-17-13(21)11-24-15-19-18-14(20(15)8-10-23-2)12-3-5-16-6-4-12/h3-6H,7-11H2,1-2H3,(H,17,21). The third kappa shape index (κ3) is 5.29. The Hall–Kier alpha value is -1.97. The lowest BCUT2D eigenvalue weighted by Gasteiger charge is -2.09. The van der Waals surface area contributed by atoms with E-state index in [2.05, 4.69) is 20.5 Å². The molecule has 130 valence electrons. The highest BCUT2D eigenvalue weighted by molar-refractivity contribution is 7.99. The first-order chi connectivity index (χ1) is 11.8. The number of rotatable bonds is 10. The number of methoxy groups -OCH3 is 2. The van der Waals surface area contributed by atoms with E-state index in [9.17, 15) is 4.79 Å². The van der Waals surface area contributed by atoms with Gasteiger partial charge in [0.05, 0.1) is 25.5 Å². The number of hydrogen-bond donors (Lipinski definition) is 1. The van der Waals surface area contributed by atoms with Crippen LogP contribution < -0.4 is 5.32 Å². The number of amides is 1. The van der Waals surface area contributed by atoms with Crippen molar-refractivity contribution >= 4 is 17.7 Å². The molecule has 0 aliphatic heterocycles. The largest absolute Gasteiger partial charge is 0.383 e. The lowest BCUT2D eigenvalue weighted by Crippen LogP contribution is -2.28. The van der Waals surface area contributed by atoms with Gasteiger partial charge >= 0.3 is 0 Å². The summed E-state index contributed by atoms with van der Waals surface area (Å²) >= 11 is 1.34. The van der Waals surface area contributed by atoms with Gasteiger partial charge in [-0.15, -0.1) is 10.2 Å². The fourth-order valence-electron chi connectivity index (χ4n) is 1.97. The molecule has 0 atom stereocenters. The minimum absolute atomic E-state index is 0.0659. The number of nitrogens with zero attached hydrogens (tertiary/aromatic N) is 4. The Bertz CT molecular complexity index is 635. The average molecular weight is 351 g/mol. The second-order valence-electron chi connectivity index (χ2n) is 4.82. The molecule has 0 aliphatic rings. The molecule has 0 unspecified atom stereocenters. The lowest BCUT2D eigenvalue weighted by molar-refractivity contribution is -0.118. The molecule has 0 spiro atoms. The molecule has 0 bridgehead atoms. The van der Waals surface area contributed by atoms with Gasteiger partial charge in [-0.05, 0) is 12.1 Å². The van der Waals surface area contributed by atoms with Crippen LogP contribution in [0.3, 0.4) is 0 Å². The Labute approximate surface area is 145 Å². The second-order valence-corrected chi connectivity index (χ2v) is 5.76. The van der Waals surface area contributed by atoms with Gasteiger partial charge in [0.15, 0.2) is 11.0 Å². The van der Waals surface area contributed by atoms with E-state index in [0.717, 1.165) is 11.4 Å². The van der Waals surface area contributed by atoms with Crippen LogP contribution in [0, 0.1) is 0 Å². The van der Waals surface area contributed by atoms with Gasteiger partial charge in [0.2, 0.25) is 5.91 Å². The van der Waals surface area contributed by atoms with Crippen molar-refractivity contribution in [3.63, 3.8) is 0 Å². The predicted molar refractivity (Wildman–Crippen MR) is 90.7 cm³/mol. The zero-order valence-electron chi connectivity index (χ0n) is 13.8. The monoisotopic (exact) mass is 351 g/mol. The number of carbonyl (C=O) groups excluding carboxylic acids is 1. The molecule has 0 aliphatic carbocycles. The molecular weight excluding hydrogens is 330 g/mol. The highest BCUT2D eigenvalue weighted by atomic mass is 32.2. The molecule has 24 heavy (non-hydrogen) atoms. The molecule has 1 amide bonds. The molecule has 2 aromatic heterocycles. The number of ether oxygens (including phenoxy) is 2. The minimum Gasteiger partial charge on any atom is -0.383 e. The molecule has 0 saturated heterocycles. The van der Waals surface area contributed by atoms with E-state index in [1.807, 2.05) is 16.7 Å². The topological polar surface area (TPSA) is 91.2 Å². The molecule has 0 radical (unpaired) electrons. The van der Waals surface area contributed by atoms with Crippen LogP contribution in [0.2, 0.25) is 0 Å². The third-order valence-electron chi connectivity index (χ3n) is 3.14. The van der Waals surface area contributed by atoms with Gasteiger partial charge in [-0.25, -0.2) is 0 Å². The van der Waals surface area contributed by atoms with Crippen LogP contribution in [0.25, 0.3) is 11.4 Å². The number of carbonyl (C=O) groups is 1. The van der Waals surface area contributed by atoms with Crippen molar-refractivity contribution in [2.75, 3.05) is 39.7 Å². The van der Waals surface area contributed by atoms with E-state index >= 15 is 0 Å². The van der Waals surface area contributed by atoms with Crippen LogP contribution in [-0.4, -0.2) is 65.4 Å². The predicted octanol–water partition coefficient (Wildman–Crippen LogP) is 0.841. The summed E-state index contributed by atoms with van der Waals surface area (Å²) < 4.78 is 12.0. The van der Waals surface area contributed by atoms with Gasteiger partial charge in [-0.3, -0.25) is 14.3 Å². The molecule has 2 heterocycles. The van der Waals surface area contributed by atoms with Crippen LogP contribution >= 0.6 is 11.8 Å². The number of nitrogens with one attached hydrogen (secondary N) is 1. The molecule has 0 saturated carbocycles. The van der Waals surface area contributed by atoms with E-state index in [4.69, 9.17) is 9.47 Å². The Morgan fingerprint density at radius 3 is 2.67 bits per heavy atom. The zero-order chi connectivity index (χ0) is 17.2.